The first-order chi connectivity index (χ1) is 14.0. The van der Waals surface area contributed by atoms with E-state index in [0.29, 0.717) is 25.3 Å². The van der Waals surface area contributed by atoms with E-state index in [1.54, 1.807) is 0 Å². The first-order valence-corrected chi connectivity index (χ1v) is 9.96. The summed E-state index contributed by atoms with van der Waals surface area (Å²) in [6.45, 7) is 5.79. The fraction of sp³-hybridized carbons (Fsp3) is 0.391. The van der Waals surface area contributed by atoms with E-state index in [9.17, 15) is 14.0 Å². The Morgan fingerprint density at radius 1 is 1.03 bits per heavy atom. The highest BCUT2D eigenvalue weighted by Gasteiger charge is 2.20. The molecule has 5 nitrogen and oxygen atoms in total. The summed E-state index contributed by atoms with van der Waals surface area (Å²) in [7, 11) is 0. The standard InChI is InChI=1S/C23H27FN2O3/c1-17-2-4-18(5-3-17)21(16-26-12-14-29-15-13-26)25-23(28)11-10-22(27)19-6-8-20(24)9-7-19/h2-9,21H,10-16H2,1H3,(H,25,28)/t21-/m0/s1. The summed E-state index contributed by atoms with van der Waals surface area (Å²) >= 11 is 0. The number of benzene rings is 2. The average molecular weight is 398 g/mol. The fourth-order valence-electron chi connectivity index (χ4n) is 3.35. The predicted molar refractivity (Wildman–Crippen MR) is 109 cm³/mol. The number of amides is 1. The first-order valence-electron chi connectivity index (χ1n) is 9.96. The molecule has 2 aromatic rings. The zero-order chi connectivity index (χ0) is 20.6. The highest BCUT2D eigenvalue weighted by Crippen LogP contribution is 2.17. The second kappa shape index (κ2) is 10.3. The average Bonchev–Trinajstić information content (AvgIpc) is 2.73. The van der Waals surface area contributed by atoms with E-state index in [1.807, 2.05) is 31.2 Å². The molecule has 2 aromatic carbocycles. The van der Waals surface area contributed by atoms with Crippen LogP contribution in [-0.4, -0.2) is 49.4 Å². The van der Waals surface area contributed by atoms with Crippen LogP contribution in [-0.2, 0) is 9.53 Å². The number of nitrogens with one attached hydrogen (secondary N) is 1. The molecule has 0 saturated carbocycles. The number of hydrogen-bond acceptors (Lipinski definition) is 4. The lowest BCUT2D eigenvalue weighted by Gasteiger charge is -2.31. The molecule has 29 heavy (non-hydrogen) atoms. The van der Waals surface area contributed by atoms with Crippen molar-refractivity contribution in [2.24, 2.45) is 0 Å². The molecular weight excluding hydrogens is 371 g/mol. The van der Waals surface area contributed by atoms with Crippen molar-refractivity contribution in [3.63, 3.8) is 0 Å². The molecule has 1 saturated heterocycles. The molecule has 0 radical (unpaired) electrons. The van der Waals surface area contributed by atoms with Crippen molar-refractivity contribution in [1.82, 2.24) is 10.2 Å². The van der Waals surface area contributed by atoms with E-state index in [2.05, 4.69) is 10.2 Å². The van der Waals surface area contributed by atoms with E-state index in [0.717, 1.165) is 24.2 Å². The van der Waals surface area contributed by atoms with Gasteiger partial charge in [0.25, 0.3) is 0 Å². The lowest BCUT2D eigenvalue weighted by Crippen LogP contribution is -2.43. The van der Waals surface area contributed by atoms with E-state index in [4.69, 9.17) is 4.74 Å². The van der Waals surface area contributed by atoms with Crippen LogP contribution >= 0.6 is 0 Å². The number of hydrogen-bond donors (Lipinski definition) is 1. The van der Waals surface area contributed by atoms with Gasteiger partial charge in [-0.25, -0.2) is 4.39 Å². The Morgan fingerprint density at radius 2 is 1.69 bits per heavy atom. The zero-order valence-electron chi connectivity index (χ0n) is 16.7. The summed E-state index contributed by atoms with van der Waals surface area (Å²) in [4.78, 5) is 27.1. The molecule has 6 heteroatoms. The molecule has 154 valence electrons. The third kappa shape index (κ3) is 6.48. The molecule has 1 aliphatic rings. The zero-order valence-corrected chi connectivity index (χ0v) is 16.7. The number of carbonyl (C=O) groups excluding carboxylic acids is 2. The van der Waals surface area contributed by atoms with Crippen LogP contribution in [0.2, 0.25) is 0 Å². The molecule has 0 spiro atoms. The SMILES string of the molecule is Cc1ccc([C@H](CN2CCOCC2)NC(=O)CCC(=O)c2ccc(F)cc2)cc1. The van der Waals surface area contributed by atoms with E-state index >= 15 is 0 Å². The van der Waals surface area contributed by atoms with Gasteiger partial charge in [0.2, 0.25) is 5.91 Å². The molecule has 3 rings (SSSR count). The van der Waals surface area contributed by atoms with E-state index in [1.165, 1.54) is 24.3 Å². The number of ketones is 1. The number of rotatable bonds is 8. The monoisotopic (exact) mass is 398 g/mol. The highest BCUT2D eigenvalue weighted by atomic mass is 19.1. The molecule has 1 aliphatic heterocycles. The van der Waals surface area contributed by atoms with Crippen molar-refractivity contribution in [3.8, 4) is 0 Å². The third-order valence-corrected chi connectivity index (χ3v) is 5.10. The van der Waals surface area contributed by atoms with Crippen molar-refractivity contribution in [2.45, 2.75) is 25.8 Å². The lowest BCUT2D eigenvalue weighted by atomic mass is 10.0. The second-order valence-electron chi connectivity index (χ2n) is 7.37. The van der Waals surface area contributed by atoms with Crippen LogP contribution in [0.15, 0.2) is 48.5 Å². The van der Waals surface area contributed by atoms with E-state index in [-0.39, 0.29) is 36.4 Å². The molecule has 0 aliphatic carbocycles. The van der Waals surface area contributed by atoms with Gasteiger partial charge in [0.15, 0.2) is 5.78 Å². The van der Waals surface area contributed by atoms with Crippen molar-refractivity contribution < 1.29 is 18.7 Å². The van der Waals surface area contributed by atoms with Gasteiger partial charge in [0.1, 0.15) is 5.82 Å². The Balaban J connectivity index is 1.59. The molecule has 0 unspecified atom stereocenters. The van der Waals surface area contributed by atoms with Crippen molar-refractivity contribution >= 4 is 11.7 Å². The summed E-state index contributed by atoms with van der Waals surface area (Å²) in [5.41, 5.74) is 2.62. The number of nitrogens with zero attached hydrogens (tertiary/aromatic N) is 1. The number of morpholine rings is 1. The maximum absolute atomic E-state index is 13.0. The Bertz CT molecular complexity index is 815. The molecule has 1 amide bonds. The number of halogens is 1. The molecule has 1 atom stereocenters. The molecule has 1 heterocycles. The van der Waals surface area contributed by atoms with Gasteiger partial charge < -0.3 is 10.1 Å². The molecule has 1 fully saturated rings. The molecular formula is C23H27FN2O3. The summed E-state index contributed by atoms with van der Waals surface area (Å²) < 4.78 is 18.4. The van der Waals surface area contributed by atoms with Crippen LogP contribution < -0.4 is 5.32 Å². The Kier molecular flexibility index (Phi) is 7.49. The van der Waals surface area contributed by atoms with Gasteiger partial charge >= 0.3 is 0 Å². The van der Waals surface area contributed by atoms with Crippen LogP contribution in [0.1, 0.15) is 40.4 Å². The maximum atomic E-state index is 13.0. The predicted octanol–water partition coefficient (Wildman–Crippen LogP) is 3.29. The molecule has 0 aromatic heterocycles. The Hall–Kier alpha value is -2.57. The largest absolute Gasteiger partial charge is 0.379 e. The van der Waals surface area contributed by atoms with Gasteiger partial charge in [-0.1, -0.05) is 29.8 Å². The smallest absolute Gasteiger partial charge is 0.220 e. The summed E-state index contributed by atoms with van der Waals surface area (Å²) in [5, 5.41) is 3.08. The lowest BCUT2D eigenvalue weighted by molar-refractivity contribution is -0.122. The van der Waals surface area contributed by atoms with Crippen LogP contribution in [0.3, 0.4) is 0 Å². The van der Waals surface area contributed by atoms with Crippen LogP contribution in [0.4, 0.5) is 4.39 Å². The van der Waals surface area contributed by atoms with Gasteiger partial charge in [-0.2, -0.15) is 0 Å². The molecule has 1 N–H and O–H groups in total. The number of Topliss-reactive ketones (excluding diaryl/α,β-unsaturated/α-hetero) is 1. The minimum absolute atomic E-state index is 0.0929. The summed E-state index contributed by atoms with van der Waals surface area (Å²) in [5.74, 6) is -0.720. The number of carbonyl (C=O) groups is 2. The fourth-order valence-corrected chi connectivity index (χ4v) is 3.35. The summed E-state index contributed by atoms with van der Waals surface area (Å²) in [6.07, 6.45) is 0.192. The second-order valence-corrected chi connectivity index (χ2v) is 7.37. The minimum atomic E-state index is -0.386. The number of ether oxygens (including phenoxy) is 1. The van der Waals surface area contributed by atoms with E-state index < -0.39 is 0 Å². The normalized spacial score (nSPS) is 15.7. The van der Waals surface area contributed by atoms with Gasteiger partial charge in [0.05, 0.1) is 19.3 Å². The maximum Gasteiger partial charge on any atom is 0.220 e. The van der Waals surface area contributed by atoms with Crippen molar-refractivity contribution in [3.05, 3.63) is 71.0 Å². The van der Waals surface area contributed by atoms with Crippen molar-refractivity contribution in [1.29, 1.82) is 0 Å². The van der Waals surface area contributed by atoms with Crippen LogP contribution in [0, 0.1) is 12.7 Å². The molecule has 0 bridgehead atoms. The Morgan fingerprint density at radius 3 is 2.34 bits per heavy atom. The third-order valence-electron chi connectivity index (χ3n) is 5.10. The van der Waals surface area contributed by atoms with Gasteiger partial charge in [0, 0.05) is 38.0 Å². The van der Waals surface area contributed by atoms with Gasteiger partial charge in [-0.15, -0.1) is 0 Å². The minimum Gasteiger partial charge on any atom is -0.379 e. The van der Waals surface area contributed by atoms with Crippen LogP contribution in [0.5, 0.6) is 0 Å². The topological polar surface area (TPSA) is 58.6 Å². The van der Waals surface area contributed by atoms with Gasteiger partial charge in [-0.3, -0.25) is 14.5 Å². The summed E-state index contributed by atoms with van der Waals surface area (Å²) in [6, 6.07) is 13.4. The van der Waals surface area contributed by atoms with Crippen LogP contribution in [0.25, 0.3) is 0 Å². The number of aryl methyl sites for hydroxylation is 1. The highest BCUT2D eigenvalue weighted by molar-refractivity contribution is 5.97. The van der Waals surface area contributed by atoms with Crippen molar-refractivity contribution in [2.75, 3.05) is 32.8 Å². The van der Waals surface area contributed by atoms with Gasteiger partial charge in [-0.05, 0) is 36.8 Å². The first kappa shape index (κ1) is 21.1. The Labute approximate surface area is 170 Å². The quantitative estimate of drug-likeness (QED) is 0.694.